The van der Waals surface area contributed by atoms with Crippen LogP contribution in [0.4, 0.5) is 0 Å². The number of nitrogens with one attached hydrogen (secondary N) is 4. The van der Waals surface area contributed by atoms with Gasteiger partial charge in [0, 0.05) is 23.2 Å². The van der Waals surface area contributed by atoms with Crippen LogP contribution in [0.2, 0.25) is 0 Å². The fraction of sp³-hybridized carbons (Fsp3) is 0.196. The summed E-state index contributed by atoms with van der Waals surface area (Å²) in [5.41, 5.74) is 17.5. The van der Waals surface area contributed by atoms with Gasteiger partial charge in [-0.2, -0.15) is 5.26 Å². The van der Waals surface area contributed by atoms with Crippen molar-refractivity contribution in [2.24, 2.45) is 0 Å². The second-order valence-corrected chi connectivity index (χ2v) is 18.0. The number of amides is 2. The molecule has 1 atom stereocenters. The van der Waals surface area contributed by atoms with Crippen molar-refractivity contribution in [3.63, 3.8) is 0 Å². The molecule has 2 amide bonds. The van der Waals surface area contributed by atoms with Gasteiger partial charge in [0.2, 0.25) is 0 Å². The normalized spacial score (nSPS) is 12.1. The van der Waals surface area contributed by atoms with E-state index in [1.807, 2.05) is 182 Å². The van der Waals surface area contributed by atoms with Crippen LogP contribution in [0.5, 0.6) is 0 Å². The van der Waals surface area contributed by atoms with E-state index in [0.717, 1.165) is 33.4 Å². The zero-order valence-electron chi connectivity index (χ0n) is 38.3. The maximum absolute atomic E-state index is 14.8. The van der Waals surface area contributed by atoms with Gasteiger partial charge in [0.15, 0.2) is 0 Å². The molecule has 0 fully saturated rings. The number of carbonyl (C=O) groups is 2. The van der Waals surface area contributed by atoms with E-state index in [1.165, 1.54) is 0 Å². The van der Waals surface area contributed by atoms with E-state index in [0.29, 0.717) is 5.56 Å². The highest BCUT2D eigenvalue weighted by molar-refractivity contribution is 7.44. The van der Waals surface area contributed by atoms with Crippen LogP contribution in [-0.2, 0) is 26.7 Å². The minimum absolute atomic E-state index is 0.0143. The Morgan fingerprint density at radius 2 is 0.836 bits per heavy atom. The van der Waals surface area contributed by atoms with Crippen molar-refractivity contribution in [2.75, 3.05) is 6.61 Å². The van der Waals surface area contributed by atoms with Crippen molar-refractivity contribution in [1.29, 1.82) is 5.26 Å². The van der Waals surface area contributed by atoms with Crippen LogP contribution in [0.25, 0.3) is 0 Å². The number of hydrogen-bond acceptors (Lipinski definition) is 8. The van der Waals surface area contributed by atoms with Gasteiger partial charge in [0.25, 0.3) is 20.3 Å². The van der Waals surface area contributed by atoms with Gasteiger partial charge < -0.3 is 9.05 Å². The van der Waals surface area contributed by atoms with Crippen LogP contribution in [-0.4, -0.2) is 35.2 Å². The first-order valence-corrected chi connectivity index (χ1v) is 23.6. The van der Waals surface area contributed by atoms with Gasteiger partial charge in [0.05, 0.1) is 25.7 Å². The Labute approximate surface area is 395 Å². The molecule has 0 aliphatic rings. The topological polar surface area (TPSA) is 128 Å². The third kappa shape index (κ3) is 11.3. The van der Waals surface area contributed by atoms with Gasteiger partial charge in [0.1, 0.15) is 11.1 Å². The summed E-state index contributed by atoms with van der Waals surface area (Å²) in [6, 6.07) is 67.2. The van der Waals surface area contributed by atoms with Gasteiger partial charge in [-0.25, -0.2) is 15.5 Å². The molecular formula is C56H57N6O4P. The molecule has 0 saturated carbocycles. The summed E-state index contributed by atoms with van der Waals surface area (Å²) in [7, 11) is -1.63. The minimum Gasteiger partial charge on any atom is -0.321 e. The van der Waals surface area contributed by atoms with Crippen molar-refractivity contribution in [3.8, 4) is 6.07 Å². The molecule has 7 aromatic carbocycles. The summed E-state index contributed by atoms with van der Waals surface area (Å²) in [4.78, 5) is 29.5. The van der Waals surface area contributed by atoms with Crippen molar-refractivity contribution in [3.05, 3.63) is 250 Å². The summed E-state index contributed by atoms with van der Waals surface area (Å²) in [5, 5.41) is 9.32. The summed E-state index contributed by atoms with van der Waals surface area (Å²) >= 11 is 0. The van der Waals surface area contributed by atoms with E-state index in [9.17, 15) is 14.9 Å². The maximum Gasteiger partial charge on any atom is 0.265 e. The van der Waals surface area contributed by atoms with E-state index < -0.39 is 31.4 Å². The van der Waals surface area contributed by atoms with Crippen LogP contribution in [0.15, 0.2) is 200 Å². The molecule has 7 rings (SSSR count). The molecule has 1 unspecified atom stereocenters. The Morgan fingerprint density at radius 3 is 1.12 bits per heavy atom. The van der Waals surface area contributed by atoms with E-state index >= 15 is 0 Å². The van der Waals surface area contributed by atoms with E-state index in [1.54, 1.807) is 18.2 Å². The van der Waals surface area contributed by atoms with Crippen molar-refractivity contribution >= 4 is 20.3 Å². The predicted octanol–water partition coefficient (Wildman–Crippen LogP) is 10.9. The molecule has 0 aliphatic heterocycles. The first-order chi connectivity index (χ1) is 32.7. The highest BCUT2D eigenvalue weighted by atomic mass is 31.2. The number of rotatable bonds is 21. The van der Waals surface area contributed by atoms with Crippen LogP contribution < -0.4 is 21.7 Å². The van der Waals surface area contributed by atoms with Crippen molar-refractivity contribution < 1.29 is 18.6 Å². The third-order valence-electron chi connectivity index (χ3n) is 11.5. The van der Waals surface area contributed by atoms with Crippen LogP contribution in [0.1, 0.15) is 93.8 Å². The fourth-order valence-electron chi connectivity index (χ4n) is 8.49. The number of nitriles is 1. The van der Waals surface area contributed by atoms with E-state index in [4.69, 9.17) is 9.05 Å². The number of carbonyl (C=O) groups excluding carboxylic acids is 2. The van der Waals surface area contributed by atoms with Crippen molar-refractivity contribution in [1.82, 2.24) is 26.4 Å². The molecule has 0 radical (unpaired) electrons. The summed E-state index contributed by atoms with van der Waals surface area (Å²) in [6.07, 6.45) is 0.207. The molecule has 0 aromatic heterocycles. The molecule has 340 valence electrons. The fourth-order valence-corrected chi connectivity index (χ4v) is 10.1. The zero-order valence-corrected chi connectivity index (χ0v) is 39.2. The Hall–Kier alpha value is -6.80. The Balaban J connectivity index is 1.28. The quantitative estimate of drug-likeness (QED) is 0.0243. The first kappa shape index (κ1) is 48.1. The van der Waals surface area contributed by atoms with Crippen LogP contribution in [0, 0.1) is 11.3 Å². The van der Waals surface area contributed by atoms with E-state index in [-0.39, 0.29) is 42.8 Å². The standard InChI is InChI=1S/C56H57N6O4P/c1-42(2)62(43(3)4)67(65-37-23-36-57)66-41-44-38-45(53(63)58-60-55(47-24-11-5-12-25-47,48-26-13-6-14-27-48)49-28-15-7-16-29-49)40-46(39-44)54(64)59-61-56(50-30-17-8-18-31-50,51-32-19-9-20-33-51)52-34-21-10-22-35-52/h5-22,24-35,38-40,42-43,60-61H,23,37,41H2,1-4H3,(H,58,63)(H,59,64). The molecule has 67 heavy (non-hydrogen) atoms. The average molecular weight is 909 g/mol. The molecule has 4 N–H and O–H groups in total. The molecule has 0 aliphatic carbocycles. The molecule has 11 heteroatoms. The van der Waals surface area contributed by atoms with Crippen LogP contribution in [0.3, 0.4) is 0 Å². The van der Waals surface area contributed by atoms with E-state index in [2.05, 4.69) is 60.1 Å². The van der Waals surface area contributed by atoms with Gasteiger partial charge in [-0.15, -0.1) is 0 Å². The second-order valence-electron chi connectivity index (χ2n) is 16.6. The largest absolute Gasteiger partial charge is 0.321 e. The SMILES string of the molecule is CC(C)N(C(C)C)P(OCCC#N)OCc1cc(C(=O)NNC(c2ccccc2)(c2ccccc2)c2ccccc2)cc(C(=O)NNC(c2ccccc2)(c2ccccc2)c2ccccc2)c1. The lowest BCUT2D eigenvalue weighted by Gasteiger charge is -2.37. The van der Waals surface area contributed by atoms with Crippen molar-refractivity contribution in [2.45, 2.75) is 63.9 Å². The molecule has 0 heterocycles. The Bertz CT molecular complexity index is 2330. The lowest BCUT2D eigenvalue weighted by atomic mass is 9.77. The molecule has 0 saturated heterocycles. The van der Waals surface area contributed by atoms with Gasteiger partial charge in [-0.1, -0.05) is 182 Å². The Kier molecular flexibility index (Phi) is 16.6. The van der Waals surface area contributed by atoms with Crippen LogP contribution >= 0.6 is 8.53 Å². The highest BCUT2D eigenvalue weighted by Gasteiger charge is 2.38. The summed E-state index contributed by atoms with van der Waals surface area (Å²) in [5.74, 6) is -0.941. The minimum atomic E-state index is -1.63. The highest BCUT2D eigenvalue weighted by Crippen LogP contribution is 2.47. The number of hydrogen-bond donors (Lipinski definition) is 4. The first-order valence-electron chi connectivity index (χ1n) is 22.5. The second kappa shape index (κ2) is 23.1. The zero-order chi connectivity index (χ0) is 47.1. The van der Waals surface area contributed by atoms with Gasteiger partial charge >= 0.3 is 0 Å². The summed E-state index contributed by atoms with van der Waals surface area (Å²) < 4.78 is 14.9. The molecule has 10 nitrogen and oxygen atoms in total. The number of nitrogens with zero attached hydrogens (tertiary/aromatic N) is 2. The lowest BCUT2D eigenvalue weighted by molar-refractivity contribution is 0.0918. The van der Waals surface area contributed by atoms with Gasteiger partial charge in [-0.05, 0) is 84.8 Å². The maximum atomic E-state index is 14.8. The summed E-state index contributed by atoms with van der Waals surface area (Å²) in [6.45, 7) is 8.49. The molecule has 7 aromatic rings. The van der Waals surface area contributed by atoms with Gasteiger partial charge in [-0.3, -0.25) is 20.4 Å². The molecule has 0 bridgehead atoms. The monoisotopic (exact) mass is 908 g/mol. The molecule has 0 spiro atoms. The smallest absolute Gasteiger partial charge is 0.265 e. The predicted molar refractivity (Wildman–Crippen MR) is 266 cm³/mol. The average Bonchev–Trinajstić information content (AvgIpc) is 3.37. The molecular weight excluding hydrogens is 852 g/mol. The number of hydrazine groups is 2. The lowest BCUT2D eigenvalue weighted by Crippen LogP contribution is -2.54. The Morgan fingerprint density at radius 1 is 0.522 bits per heavy atom. The third-order valence-corrected chi connectivity index (χ3v) is 13.5. The number of benzene rings is 7.